The van der Waals surface area contributed by atoms with E-state index in [1.54, 1.807) is 0 Å². The molecule has 0 atom stereocenters. The molecule has 3 heteroatoms. The van der Waals surface area contributed by atoms with Crippen molar-refractivity contribution >= 4 is 5.69 Å². The highest BCUT2D eigenvalue weighted by atomic mass is 19.1. The fraction of sp³-hybridized carbons (Fsp3) is 0.333. The van der Waals surface area contributed by atoms with E-state index in [0.29, 0.717) is 0 Å². The van der Waals surface area contributed by atoms with Crippen molar-refractivity contribution in [1.82, 2.24) is 0 Å². The minimum atomic E-state index is -0.667. The predicted molar refractivity (Wildman–Crippen MR) is 46.9 cm³/mol. The summed E-state index contributed by atoms with van der Waals surface area (Å²) in [5.74, 6) is -1.23. The van der Waals surface area contributed by atoms with Gasteiger partial charge in [0.1, 0.15) is 5.82 Å². The molecule has 0 radical (unpaired) electrons. The van der Waals surface area contributed by atoms with E-state index in [0.717, 1.165) is 6.07 Å². The van der Waals surface area contributed by atoms with Crippen LogP contribution in [0.15, 0.2) is 12.1 Å². The van der Waals surface area contributed by atoms with Crippen LogP contribution in [0.1, 0.15) is 19.4 Å². The normalized spacial score (nSPS) is 8.75. The van der Waals surface area contributed by atoms with E-state index >= 15 is 0 Å². The van der Waals surface area contributed by atoms with Crippen molar-refractivity contribution in [3.8, 4) is 0 Å². The van der Waals surface area contributed by atoms with Gasteiger partial charge in [0, 0.05) is 5.56 Å². The van der Waals surface area contributed by atoms with Gasteiger partial charge in [-0.05, 0) is 19.1 Å². The minimum absolute atomic E-state index is 0.0149. The molecule has 0 aliphatic rings. The molecule has 0 saturated carbocycles. The molecule has 0 amide bonds. The van der Waals surface area contributed by atoms with Crippen molar-refractivity contribution in [3.63, 3.8) is 0 Å². The third-order valence-electron chi connectivity index (χ3n) is 1.35. The Balaban J connectivity index is 0.000000561. The molecule has 0 heterocycles. The van der Waals surface area contributed by atoms with Crippen molar-refractivity contribution < 1.29 is 8.78 Å². The summed E-state index contributed by atoms with van der Waals surface area (Å²) in [6.45, 7) is 5.35. The topological polar surface area (TPSA) is 26.0 Å². The monoisotopic (exact) mass is 173 g/mol. The Kier molecular flexibility index (Phi) is 4.26. The molecule has 0 saturated heterocycles. The Bertz CT molecular complexity index is 232. The molecule has 1 aromatic rings. The van der Waals surface area contributed by atoms with Gasteiger partial charge in [-0.3, -0.25) is 0 Å². The summed E-state index contributed by atoms with van der Waals surface area (Å²) in [4.78, 5) is 0. The fourth-order valence-electron chi connectivity index (χ4n) is 0.682. The van der Waals surface area contributed by atoms with Gasteiger partial charge < -0.3 is 5.73 Å². The zero-order valence-corrected chi connectivity index (χ0v) is 7.49. The molecule has 1 nitrogen and oxygen atoms in total. The van der Waals surface area contributed by atoms with Gasteiger partial charge in [-0.25, -0.2) is 8.78 Å². The van der Waals surface area contributed by atoms with E-state index in [-0.39, 0.29) is 11.3 Å². The molecule has 2 N–H and O–H groups in total. The predicted octanol–water partition coefficient (Wildman–Crippen LogP) is 2.88. The fourth-order valence-corrected chi connectivity index (χ4v) is 0.682. The molecule has 0 aromatic heterocycles. The summed E-state index contributed by atoms with van der Waals surface area (Å²) in [5.41, 5.74) is 5.11. The Labute approximate surface area is 71.2 Å². The third-order valence-corrected chi connectivity index (χ3v) is 1.35. The second kappa shape index (κ2) is 4.70. The Morgan fingerprint density at radius 1 is 1.17 bits per heavy atom. The zero-order chi connectivity index (χ0) is 9.72. The molecule has 0 spiro atoms. The SMILES string of the molecule is CC.Cc1c(F)ccc(N)c1F. The molecule has 0 unspecified atom stereocenters. The van der Waals surface area contributed by atoms with E-state index in [2.05, 4.69) is 0 Å². The van der Waals surface area contributed by atoms with E-state index in [4.69, 9.17) is 5.73 Å². The van der Waals surface area contributed by atoms with Crippen LogP contribution >= 0.6 is 0 Å². The second-order valence-corrected chi connectivity index (χ2v) is 2.08. The number of hydrogen-bond acceptors (Lipinski definition) is 1. The van der Waals surface area contributed by atoms with E-state index in [9.17, 15) is 8.78 Å². The van der Waals surface area contributed by atoms with Crippen molar-refractivity contribution in [2.24, 2.45) is 0 Å². The van der Waals surface area contributed by atoms with Crippen LogP contribution in [0.5, 0.6) is 0 Å². The lowest BCUT2D eigenvalue weighted by atomic mass is 10.2. The Morgan fingerprint density at radius 3 is 2.08 bits per heavy atom. The third kappa shape index (κ3) is 2.19. The van der Waals surface area contributed by atoms with Gasteiger partial charge >= 0.3 is 0 Å². The van der Waals surface area contributed by atoms with Crippen LogP contribution in [0.2, 0.25) is 0 Å². The van der Waals surface area contributed by atoms with Gasteiger partial charge in [0.05, 0.1) is 5.69 Å². The summed E-state index contributed by atoms with van der Waals surface area (Å²) in [6.07, 6.45) is 0. The van der Waals surface area contributed by atoms with Gasteiger partial charge in [0.25, 0.3) is 0 Å². The first-order valence-electron chi connectivity index (χ1n) is 3.83. The average molecular weight is 173 g/mol. The van der Waals surface area contributed by atoms with Crippen LogP contribution in [-0.2, 0) is 0 Å². The molecule has 68 valence electrons. The van der Waals surface area contributed by atoms with E-state index < -0.39 is 11.6 Å². The number of nitrogen functional groups attached to an aromatic ring is 1. The molecule has 12 heavy (non-hydrogen) atoms. The van der Waals surface area contributed by atoms with Crippen molar-refractivity contribution in [2.45, 2.75) is 20.8 Å². The van der Waals surface area contributed by atoms with E-state index in [1.165, 1.54) is 13.0 Å². The maximum absolute atomic E-state index is 12.6. The number of rotatable bonds is 0. The van der Waals surface area contributed by atoms with Crippen LogP contribution in [0, 0.1) is 18.6 Å². The van der Waals surface area contributed by atoms with Crippen LogP contribution in [0.4, 0.5) is 14.5 Å². The minimum Gasteiger partial charge on any atom is -0.396 e. The van der Waals surface area contributed by atoms with Crippen molar-refractivity contribution in [2.75, 3.05) is 5.73 Å². The van der Waals surface area contributed by atoms with Crippen molar-refractivity contribution in [3.05, 3.63) is 29.3 Å². The van der Waals surface area contributed by atoms with Gasteiger partial charge in [0.15, 0.2) is 5.82 Å². The zero-order valence-electron chi connectivity index (χ0n) is 7.49. The molecule has 1 aromatic carbocycles. The highest BCUT2D eigenvalue weighted by Gasteiger charge is 2.05. The second-order valence-electron chi connectivity index (χ2n) is 2.08. The maximum Gasteiger partial charge on any atom is 0.151 e. The summed E-state index contributed by atoms with van der Waals surface area (Å²) >= 11 is 0. The lowest BCUT2D eigenvalue weighted by Gasteiger charge is -1.99. The first-order valence-corrected chi connectivity index (χ1v) is 3.83. The first-order chi connectivity index (χ1) is 5.63. The van der Waals surface area contributed by atoms with Gasteiger partial charge in [-0.15, -0.1) is 0 Å². The van der Waals surface area contributed by atoms with Gasteiger partial charge in [-0.2, -0.15) is 0 Å². The molecular weight excluding hydrogens is 160 g/mol. The Morgan fingerprint density at radius 2 is 1.67 bits per heavy atom. The van der Waals surface area contributed by atoms with Crippen LogP contribution in [0.25, 0.3) is 0 Å². The lowest BCUT2D eigenvalue weighted by Crippen LogP contribution is -1.95. The number of halogens is 2. The summed E-state index contributed by atoms with van der Waals surface area (Å²) < 4.78 is 25.1. The van der Waals surface area contributed by atoms with Crippen LogP contribution < -0.4 is 5.73 Å². The first kappa shape index (κ1) is 10.9. The average Bonchev–Trinajstić information content (AvgIpc) is 2.12. The molecule has 1 rings (SSSR count). The molecule has 0 bridgehead atoms. The summed E-state index contributed by atoms with van der Waals surface area (Å²) in [5, 5.41) is 0. The molecular formula is C9H13F2N. The number of anilines is 1. The quantitative estimate of drug-likeness (QED) is 0.600. The molecule has 0 fully saturated rings. The van der Waals surface area contributed by atoms with Gasteiger partial charge in [0.2, 0.25) is 0 Å². The smallest absolute Gasteiger partial charge is 0.151 e. The Hall–Kier alpha value is -1.12. The lowest BCUT2D eigenvalue weighted by molar-refractivity contribution is 0.571. The number of nitrogens with two attached hydrogens (primary N) is 1. The van der Waals surface area contributed by atoms with E-state index in [1.807, 2.05) is 13.8 Å². The van der Waals surface area contributed by atoms with Crippen molar-refractivity contribution in [1.29, 1.82) is 0 Å². The molecule has 0 aliphatic heterocycles. The largest absolute Gasteiger partial charge is 0.396 e. The van der Waals surface area contributed by atoms with Crippen LogP contribution in [-0.4, -0.2) is 0 Å². The summed E-state index contributed by atoms with van der Waals surface area (Å²) in [7, 11) is 0. The maximum atomic E-state index is 12.6. The van der Waals surface area contributed by atoms with Crippen LogP contribution in [0.3, 0.4) is 0 Å². The summed E-state index contributed by atoms with van der Waals surface area (Å²) in [6, 6.07) is 2.35. The highest BCUT2D eigenvalue weighted by Crippen LogP contribution is 2.16. The number of benzene rings is 1. The standard InChI is InChI=1S/C7H7F2N.C2H6/c1-4-5(8)2-3-6(10)7(4)9;1-2/h2-3H,10H2,1H3;1-2H3. The molecule has 0 aliphatic carbocycles. The van der Waals surface area contributed by atoms with Gasteiger partial charge in [-0.1, -0.05) is 13.8 Å². The highest BCUT2D eigenvalue weighted by molar-refractivity contribution is 5.42. The number of hydrogen-bond donors (Lipinski definition) is 1.